The van der Waals surface area contributed by atoms with Crippen LogP contribution >= 0.6 is 11.3 Å². The fraction of sp³-hybridized carbons (Fsp3) is 0.320. The van der Waals surface area contributed by atoms with Gasteiger partial charge in [-0.05, 0) is 63.0 Å². The van der Waals surface area contributed by atoms with Gasteiger partial charge in [0.1, 0.15) is 28.2 Å². The summed E-state index contributed by atoms with van der Waals surface area (Å²) in [5, 5.41) is 8.99. The summed E-state index contributed by atoms with van der Waals surface area (Å²) < 4.78 is 5.48. The largest absolute Gasteiger partial charge is 0.461 e. The first-order chi connectivity index (χ1) is 17.6. The summed E-state index contributed by atoms with van der Waals surface area (Å²) in [6.07, 6.45) is 5.81. The Morgan fingerprint density at radius 1 is 1.06 bits per heavy atom. The Labute approximate surface area is 212 Å². The van der Waals surface area contributed by atoms with Gasteiger partial charge in [-0.25, -0.2) is 34.7 Å². The molecule has 1 fully saturated rings. The van der Waals surface area contributed by atoms with Gasteiger partial charge in [-0.1, -0.05) is 6.07 Å². The highest BCUT2D eigenvalue weighted by Crippen LogP contribution is 2.19. The number of anilines is 2. The van der Waals surface area contributed by atoms with Gasteiger partial charge in [0.15, 0.2) is 11.5 Å². The zero-order valence-electron chi connectivity index (χ0n) is 19.8. The van der Waals surface area contributed by atoms with Crippen molar-refractivity contribution in [2.24, 2.45) is 5.92 Å². The first-order valence-electron chi connectivity index (χ1n) is 11.8. The molecule has 0 atom stereocenters. The number of hydrogen-bond acceptors (Lipinski definition) is 11. The van der Waals surface area contributed by atoms with Gasteiger partial charge in [-0.3, -0.25) is 0 Å². The summed E-state index contributed by atoms with van der Waals surface area (Å²) in [6, 6.07) is 9.26. The van der Waals surface area contributed by atoms with Gasteiger partial charge in [0, 0.05) is 23.5 Å². The van der Waals surface area contributed by atoms with E-state index in [1.807, 2.05) is 25.1 Å². The maximum Gasteiger partial charge on any atom is 0.357 e. The summed E-state index contributed by atoms with van der Waals surface area (Å²) >= 11 is 1.39. The molecule has 0 saturated carbocycles. The summed E-state index contributed by atoms with van der Waals surface area (Å²) in [5.41, 5.74) is 1.93. The highest BCUT2D eigenvalue weighted by atomic mass is 32.1. The number of piperidine rings is 1. The number of esters is 1. The predicted octanol–water partition coefficient (Wildman–Crippen LogP) is 3.58. The highest BCUT2D eigenvalue weighted by molar-refractivity contribution is 7.09. The molecular formula is C25H26N8O2S. The van der Waals surface area contributed by atoms with Gasteiger partial charge < -0.3 is 15.4 Å². The Hall–Kier alpha value is -3.83. The number of thiazole rings is 1. The molecule has 5 rings (SSSR count). The molecule has 10 nitrogen and oxygen atoms in total. The lowest BCUT2D eigenvalue weighted by Gasteiger charge is -2.21. The van der Waals surface area contributed by atoms with E-state index < -0.39 is 0 Å². The van der Waals surface area contributed by atoms with Crippen LogP contribution in [0.15, 0.2) is 48.1 Å². The minimum Gasteiger partial charge on any atom is -0.461 e. The zero-order valence-corrected chi connectivity index (χ0v) is 20.7. The monoisotopic (exact) mass is 502 g/mol. The van der Waals surface area contributed by atoms with Crippen LogP contribution in [0.2, 0.25) is 0 Å². The van der Waals surface area contributed by atoms with Crippen molar-refractivity contribution in [3.05, 3.63) is 70.3 Å². The molecule has 0 bridgehead atoms. The Morgan fingerprint density at radius 2 is 1.86 bits per heavy atom. The van der Waals surface area contributed by atoms with Crippen LogP contribution in [0.25, 0.3) is 11.5 Å². The van der Waals surface area contributed by atoms with Crippen LogP contribution in [0.5, 0.6) is 0 Å². The van der Waals surface area contributed by atoms with Crippen LogP contribution in [-0.4, -0.2) is 55.6 Å². The number of pyridine rings is 1. The summed E-state index contributed by atoms with van der Waals surface area (Å²) in [6.45, 7) is 4.31. The standard InChI is InChI=1S/C25H26N8O2S/c1-16-3-2-4-18(29-16)24-28-12-8-21(33-24)31-20-7-11-27-22(32-20)13-23-30-19(15-36-23)25(34)35-14-17-5-9-26-10-6-17/h2-4,7-8,11-12,15,17,26H,5-6,9-10,13-14H2,1H3,(H,27,28,31,32,33). The lowest BCUT2D eigenvalue weighted by molar-refractivity contribution is 0.0409. The molecule has 0 unspecified atom stereocenters. The molecule has 4 aromatic rings. The molecule has 0 aromatic carbocycles. The van der Waals surface area contributed by atoms with E-state index in [0.29, 0.717) is 53.6 Å². The molecule has 0 spiro atoms. The van der Waals surface area contributed by atoms with Crippen molar-refractivity contribution in [2.45, 2.75) is 26.2 Å². The van der Waals surface area contributed by atoms with E-state index in [2.05, 4.69) is 40.5 Å². The number of ether oxygens (including phenoxy) is 1. The van der Waals surface area contributed by atoms with Crippen LogP contribution in [0.4, 0.5) is 11.6 Å². The molecule has 4 aromatic heterocycles. The molecular weight excluding hydrogens is 476 g/mol. The number of nitrogens with zero attached hydrogens (tertiary/aromatic N) is 6. The van der Waals surface area contributed by atoms with Crippen LogP contribution in [0.3, 0.4) is 0 Å². The summed E-state index contributed by atoms with van der Waals surface area (Å²) in [5.74, 6) is 2.34. The van der Waals surface area contributed by atoms with Gasteiger partial charge in [0.05, 0.1) is 13.0 Å². The topological polar surface area (TPSA) is 128 Å². The number of aromatic nitrogens is 6. The molecule has 2 N–H and O–H groups in total. The molecule has 11 heteroatoms. The zero-order chi connectivity index (χ0) is 24.7. The minimum absolute atomic E-state index is 0.330. The fourth-order valence-electron chi connectivity index (χ4n) is 3.84. The molecule has 1 aliphatic rings. The number of carbonyl (C=O) groups is 1. The van der Waals surface area contributed by atoms with Gasteiger partial charge in [-0.15, -0.1) is 11.3 Å². The summed E-state index contributed by atoms with van der Waals surface area (Å²) in [7, 11) is 0. The first kappa shape index (κ1) is 23.9. The Balaban J connectivity index is 1.21. The van der Waals surface area contributed by atoms with Crippen LogP contribution in [0.1, 0.15) is 39.9 Å². The van der Waals surface area contributed by atoms with E-state index in [-0.39, 0.29) is 5.97 Å². The van der Waals surface area contributed by atoms with Gasteiger partial charge in [0.25, 0.3) is 0 Å². The molecule has 36 heavy (non-hydrogen) atoms. The normalized spacial score (nSPS) is 13.9. The first-order valence-corrected chi connectivity index (χ1v) is 12.7. The van der Waals surface area contributed by atoms with Crippen molar-refractivity contribution in [3.63, 3.8) is 0 Å². The lowest BCUT2D eigenvalue weighted by atomic mass is 9.99. The number of rotatable bonds is 8. The molecule has 1 saturated heterocycles. The number of aryl methyl sites for hydroxylation is 1. The van der Waals surface area contributed by atoms with Crippen molar-refractivity contribution >= 4 is 28.9 Å². The second-order valence-corrected chi connectivity index (χ2v) is 9.45. The van der Waals surface area contributed by atoms with Crippen molar-refractivity contribution in [2.75, 3.05) is 25.0 Å². The molecule has 1 aliphatic heterocycles. The van der Waals surface area contributed by atoms with Crippen molar-refractivity contribution in [1.29, 1.82) is 0 Å². The van der Waals surface area contributed by atoms with E-state index in [1.165, 1.54) is 11.3 Å². The predicted molar refractivity (Wildman–Crippen MR) is 136 cm³/mol. The van der Waals surface area contributed by atoms with E-state index in [0.717, 1.165) is 36.6 Å². The van der Waals surface area contributed by atoms with Crippen LogP contribution in [0, 0.1) is 12.8 Å². The molecule has 0 aliphatic carbocycles. The van der Waals surface area contributed by atoms with Crippen molar-refractivity contribution in [1.82, 2.24) is 35.2 Å². The number of nitrogens with one attached hydrogen (secondary N) is 2. The van der Waals surface area contributed by atoms with E-state index in [9.17, 15) is 4.79 Å². The maximum absolute atomic E-state index is 12.4. The maximum atomic E-state index is 12.4. The quantitative estimate of drug-likeness (QED) is 0.345. The number of carbonyl (C=O) groups excluding carboxylic acids is 1. The van der Waals surface area contributed by atoms with Gasteiger partial charge in [-0.2, -0.15) is 0 Å². The SMILES string of the molecule is Cc1cccc(-c2nccc(Nc3ccnc(Cc4nc(C(=O)OCC5CCNCC5)cs4)n3)n2)n1. The summed E-state index contributed by atoms with van der Waals surface area (Å²) in [4.78, 5) is 39.1. The third-order valence-corrected chi connectivity index (χ3v) is 6.56. The second kappa shape index (κ2) is 11.3. The van der Waals surface area contributed by atoms with Crippen molar-refractivity contribution in [3.8, 4) is 11.5 Å². The Bertz CT molecular complexity index is 1340. The van der Waals surface area contributed by atoms with E-state index >= 15 is 0 Å². The molecule has 184 valence electrons. The smallest absolute Gasteiger partial charge is 0.357 e. The minimum atomic E-state index is -0.380. The lowest BCUT2D eigenvalue weighted by Crippen LogP contribution is -2.30. The average molecular weight is 503 g/mol. The Kier molecular flexibility index (Phi) is 7.48. The van der Waals surface area contributed by atoms with Crippen LogP contribution in [-0.2, 0) is 11.2 Å². The van der Waals surface area contributed by atoms with Crippen molar-refractivity contribution < 1.29 is 9.53 Å². The van der Waals surface area contributed by atoms with Gasteiger partial charge >= 0.3 is 5.97 Å². The average Bonchev–Trinajstić information content (AvgIpc) is 3.37. The van der Waals surface area contributed by atoms with E-state index in [4.69, 9.17) is 4.74 Å². The second-order valence-electron chi connectivity index (χ2n) is 8.51. The highest BCUT2D eigenvalue weighted by Gasteiger charge is 2.18. The number of hydrogen-bond donors (Lipinski definition) is 2. The molecule has 0 radical (unpaired) electrons. The van der Waals surface area contributed by atoms with Gasteiger partial charge in [0.2, 0.25) is 0 Å². The van der Waals surface area contributed by atoms with E-state index in [1.54, 1.807) is 29.9 Å². The Morgan fingerprint density at radius 3 is 2.69 bits per heavy atom. The molecule has 0 amide bonds. The van der Waals surface area contributed by atoms with Crippen LogP contribution < -0.4 is 10.6 Å². The third kappa shape index (κ3) is 6.23. The molecule has 5 heterocycles. The fourth-order valence-corrected chi connectivity index (χ4v) is 4.60. The third-order valence-electron chi connectivity index (χ3n) is 5.71.